The molecule has 0 spiro atoms. The molecule has 0 saturated carbocycles. The topological polar surface area (TPSA) is 65.5 Å². The molecule has 0 aliphatic carbocycles. The minimum absolute atomic E-state index is 0. The van der Waals surface area contributed by atoms with Gasteiger partial charge < -0.3 is 14.9 Å². The minimum Gasteiger partial charge on any atom is -0.460 e. The van der Waals surface area contributed by atoms with Crippen LogP contribution in [0.1, 0.15) is 34.2 Å². The van der Waals surface area contributed by atoms with Crippen molar-refractivity contribution in [2.24, 2.45) is 0 Å². The molecule has 19 heavy (non-hydrogen) atoms. The monoisotopic (exact) mass is 283 g/mol. The Morgan fingerprint density at radius 3 is 2.47 bits per heavy atom. The molecule has 1 aromatic heterocycles. The molecule has 0 radical (unpaired) electrons. The van der Waals surface area contributed by atoms with Crippen LogP contribution in [-0.2, 0) is 4.74 Å². The van der Waals surface area contributed by atoms with E-state index in [0.29, 0.717) is 12.2 Å². The van der Waals surface area contributed by atoms with Crippen LogP contribution in [0.2, 0.25) is 0 Å². The number of rotatable bonds is 2. The molecule has 2 rings (SSSR count). The Bertz CT molecular complexity index is 586. The van der Waals surface area contributed by atoms with Crippen molar-refractivity contribution >= 4 is 35.0 Å². The van der Waals surface area contributed by atoms with Crippen molar-refractivity contribution < 1.29 is 13.9 Å². The van der Waals surface area contributed by atoms with E-state index in [0.717, 1.165) is 27.8 Å². The van der Waals surface area contributed by atoms with E-state index in [-0.39, 0.29) is 18.2 Å². The highest BCUT2D eigenvalue weighted by atomic mass is 35.5. The van der Waals surface area contributed by atoms with E-state index in [1.807, 2.05) is 20.8 Å². The molecular weight excluding hydrogens is 266 g/mol. The maximum Gasteiger partial charge on any atom is 0.374 e. The molecule has 1 heterocycles. The van der Waals surface area contributed by atoms with Gasteiger partial charge in [-0.25, -0.2) is 4.79 Å². The van der Waals surface area contributed by atoms with Crippen LogP contribution in [0.25, 0.3) is 11.0 Å². The van der Waals surface area contributed by atoms with E-state index in [1.165, 1.54) is 0 Å². The second-order valence-corrected chi connectivity index (χ2v) is 4.36. The number of nitrogen functional groups attached to an aromatic ring is 1. The fourth-order valence-electron chi connectivity index (χ4n) is 2.05. The average molecular weight is 284 g/mol. The highest BCUT2D eigenvalue weighted by Crippen LogP contribution is 2.33. The lowest BCUT2D eigenvalue weighted by Crippen LogP contribution is -2.02. The molecule has 5 heteroatoms. The standard InChI is InChI=1S/C14H17NO3.ClH/c1-5-17-14(16)11-6-10-9(4)12(15)7(2)8(3)13(10)18-11;/h6H,5,15H2,1-4H3;1H. The van der Waals surface area contributed by atoms with Crippen LogP contribution in [-0.4, -0.2) is 12.6 Å². The predicted molar refractivity (Wildman–Crippen MR) is 78.0 cm³/mol. The van der Waals surface area contributed by atoms with Gasteiger partial charge in [0.05, 0.1) is 6.61 Å². The summed E-state index contributed by atoms with van der Waals surface area (Å²) in [7, 11) is 0. The highest BCUT2D eigenvalue weighted by Gasteiger charge is 2.18. The summed E-state index contributed by atoms with van der Waals surface area (Å²) in [6.07, 6.45) is 0. The summed E-state index contributed by atoms with van der Waals surface area (Å²) in [6.45, 7) is 7.90. The summed E-state index contributed by atoms with van der Waals surface area (Å²) in [5.41, 5.74) is 10.4. The zero-order valence-corrected chi connectivity index (χ0v) is 12.3. The van der Waals surface area contributed by atoms with Crippen molar-refractivity contribution in [2.75, 3.05) is 12.3 Å². The summed E-state index contributed by atoms with van der Waals surface area (Å²) in [4.78, 5) is 11.7. The van der Waals surface area contributed by atoms with Crippen molar-refractivity contribution in [3.8, 4) is 0 Å². The van der Waals surface area contributed by atoms with Gasteiger partial charge in [0.25, 0.3) is 0 Å². The lowest BCUT2D eigenvalue weighted by atomic mass is 10.00. The normalized spacial score (nSPS) is 10.3. The third-order valence-corrected chi connectivity index (χ3v) is 3.32. The average Bonchev–Trinajstić information content (AvgIpc) is 2.79. The summed E-state index contributed by atoms with van der Waals surface area (Å²) < 4.78 is 10.5. The van der Waals surface area contributed by atoms with Gasteiger partial charge in [-0.05, 0) is 50.5 Å². The van der Waals surface area contributed by atoms with Crippen LogP contribution in [0.4, 0.5) is 5.69 Å². The maximum atomic E-state index is 11.7. The third kappa shape index (κ3) is 2.40. The first-order chi connectivity index (χ1) is 8.47. The summed E-state index contributed by atoms with van der Waals surface area (Å²) in [5.74, 6) is -0.216. The lowest BCUT2D eigenvalue weighted by Gasteiger charge is -2.08. The Kier molecular flexibility index (Phi) is 4.48. The molecule has 0 aliphatic rings. The molecule has 0 fully saturated rings. The fraction of sp³-hybridized carbons (Fsp3) is 0.357. The zero-order valence-electron chi connectivity index (χ0n) is 11.5. The Morgan fingerprint density at radius 2 is 1.89 bits per heavy atom. The number of carbonyl (C=O) groups excluding carboxylic acids is 1. The van der Waals surface area contributed by atoms with Gasteiger partial charge in [0.15, 0.2) is 0 Å². The second kappa shape index (κ2) is 5.53. The van der Waals surface area contributed by atoms with Gasteiger partial charge in [-0.2, -0.15) is 0 Å². The fourth-order valence-corrected chi connectivity index (χ4v) is 2.05. The van der Waals surface area contributed by atoms with E-state index in [9.17, 15) is 4.79 Å². The Hall–Kier alpha value is -1.68. The molecule has 2 N–H and O–H groups in total. The van der Waals surface area contributed by atoms with E-state index in [4.69, 9.17) is 14.9 Å². The van der Waals surface area contributed by atoms with Crippen molar-refractivity contribution in [1.82, 2.24) is 0 Å². The Morgan fingerprint density at radius 1 is 1.26 bits per heavy atom. The maximum absolute atomic E-state index is 11.7. The zero-order chi connectivity index (χ0) is 13.4. The quantitative estimate of drug-likeness (QED) is 0.676. The van der Waals surface area contributed by atoms with Crippen LogP contribution in [0.3, 0.4) is 0 Å². The molecule has 0 amide bonds. The number of halogens is 1. The van der Waals surface area contributed by atoms with E-state index >= 15 is 0 Å². The minimum atomic E-state index is -0.441. The van der Waals surface area contributed by atoms with Crippen LogP contribution >= 0.6 is 12.4 Å². The SMILES string of the molecule is CCOC(=O)c1cc2c(C)c(N)c(C)c(C)c2o1.Cl. The first-order valence-electron chi connectivity index (χ1n) is 5.93. The van der Waals surface area contributed by atoms with Crippen LogP contribution in [0.5, 0.6) is 0 Å². The number of aryl methyl sites for hydroxylation is 2. The molecule has 0 atom stereocenters. The first-order valence-corrected chi connectivity index (χ1v) is 5.93. The first kappa shape index (κ1) is 15.4. The summed E-state index contributed by atoms with van der Waals surface area (Å²) in [5, 5.41) is 0.874. The number of anilines is 1. The number of furan rings is 1. The molecule has 0 saturated heterocycles. The third-order valence-electron chi connectivity index (χ3n) is 3.32. The van der Waals surface area contributed by atoms with Crippen LogP contribution in [0.15, 0.2) is 10.5 Å². The largest absolute Gasteiger partial charge is 0.460 e. The van der Waals surface area contributed by atoms with Gasteiger partial charge in [0.1, 0.15) is 5.58 Å². The smallest absolute Gasteiger partial charge is 0.374 e. The van der Waals surface area contributed by atoms with Gasteiger partial charge in [0, 0.05) is 11.1 Å². The summed E-state index contributed by atoms with van der Waals surface area (Å²) >= 11 is 0. The molecule has 0 unspecified atom stereocenters. The van der Waals surface area contributed by atoms with Gasteiger partial charge >= 0.3 is 5.97 Å². The molecule has 2 aromatic rings. The van der Waals surface area contributed by atoms with Gasteiger partial charge in [-0.3, -0.25) is 0 Å². The van der Waals surface area contributed by atoms with Crippen LogP contribution < -0.4 is 5.73 Å². The van der Waals surface area contributed by atoms with Crippen molar-refractivity contribution in [3.63, 3.8) is 0 Å². The van der Waals surface area contributed by atoms with Crippen molar-refractivity contribution in [3.05, 3.63) is 28.5 Å². The molecule has 0 aliphatic heterocycles. The molecule has 4 nitrogen and oxygen atoms in total. The van der Waals surface area contributed by atoms with Gasteiger partial charge in [-0.15, -0.1) is 12.4 Å². The van der Waals surface area contributed by atoms with E-state index in [2.05, 4.69) is 0 Å². The van der Waals surface area contributed by atoms with Crippen LogP contribution in [0, 0.1) is 20.8 Å². The molecule has 104 valence electrons. The number of benzene rings is 1. The predicted octanol–water partition coefficient (Wildman–Crippen LogP) is 3.54. The van der Waals surface area contributed by atoms with Crippen molar-refractivity contribution in [2.45, 2.75) is 27.7 Å². The number of esters is 1. The lowest BCUT2D eigenvalue weighted by molar-refractivity contribution is 0.0492. The second-order valence-electron chi connectivity index (χ2n) is 4.36. The molecular formula is C14H18ClNO3. The Balaban J connectivity index is 0.00000180. The number of carbonyl (C=O) groups is 1. The number of fused-ring (bicyclic) bond motifs is 1. The van der Waals surface area contributed by atoms with Gasteiger partial charge in [0.2, 0.25) is 5.76 Å². The summed E-state index contributed by atoms with van der Waals surface area (Å²) in [6, 6.07) is 1.70. The van der Waals surface area contributed by atoms with Gasteiger partial charge in [-0.1, -0.05) is 0 Å². The number of ether oxygens (including phenoxy) is 1. The Labute approximate surface area is 118 Å². The van der Waals surface area contributed by atoms with Crippen molar-refractivity contribution in [1.29, 1.82) is 0 Å². The number of nitrogens with two attached hydrogens (primary N) is 1. The molecule has 1 aromatic carbocycles. The molecule has 0 bridgehead atoms. The number of hydrogen-bond acceptors (Lipinski definition) is 4. The highest BCUT2D eigenvalue weighted by molar-refractivity contribution is 5.97. The van der Waals surface area contributed by atoms with E-state index < -0.39 is 5.97 Å². The van der Waals surface area contributed by atoms with E-state index in [1.54, 1.807) is 13.0 Å². The number of hydrogen-bond donors (Lipinski definition) is 1.